The summed E-state index contributed by atoms with van der Waals surface area (Å²) in [5.74, 6) is -0.357. The normalized spacial score (nSPS) is 10.5. The van der Waals surface area contributed by atoms with Gasteiger partial charge in [-0.2, -0.15) is 5.10 Å². The molecule has 0 aliphatic carbocycles. The first-order chi connectivity index (χ1) is 13.4. The van der Waals surface area contributed by atoms with E-state index in [1.54, 1.807) is 24.3 Å². The van der Waals surface area contributed by atoms with Crippen LogP contribution in [0, 0.1) is 13.8 Å². The molecular weight excluding hydrogens is 362 g/mol. The molecule has 148 valence electrons. The van der Waals surface area contributed by atoms with Crippen molar-refractivity contribution in [1.29, 1.82) is 0 Å². The second kappa shape index (κ2) is 9.40. The highest BCUT2D eigenvalue weighted by molar-refractivity contribution is 6.39. The van der Waals surface area contributed by atoms with E-state index < -0.39 is 11.8 Å². The maximum Gasteiger partial charge on any atom is 0.329 e. The molecule has 2 rings (SSSR count). The van der Waals surface area contributed by atoms with Gasteiger partial charge in [0.25, 0.3) is 0 Å². The summed E-state index contributed by atoms with van der Waals surface area (Å²) in [6.07, 6.45) is 1.37. The molecule has 0 heterocycles. The summed E-state index contributed by atoms with van der Waals surface area (Å²) in [5.41, 5.74) is 5.27. The average Bonchev–Trinajstić information content (AvgIpc) is 2.70. The number of hydrogen-bond donors (Lipinski definition) is 2. The number of aryl methyl sites for hydroxylation is 1. The van der Waals surface area contributed by atoms with E-state index in [-0.39, 0.29) is 0 Å². The molecule has 28 heavy (non-hydrogen) atoms. The molecule has 0 fully saturated rings. The predicted octanol–water partition coefficient (Wildman–Crippen LogP) is 2.42. The minimum atomic E-state index is -0.885. The van der Waals surface area contributed by atoms with Crippen molar-refractivity contribution in [2.24, 2.45) is 5.10 Å². The highest BCUT2D eigenvalue weighted by atomic mass is 16.5. The third kappa shape index (κ3) is 4.79. The average molecular weight is 385 g/mol. The van der Waals surface area contributed by atoms with Crippen LogP contribution in [0.2, 0.25) is 0 Å². The Kier molecular flexibility index (Phi) is 6.97. The van der Waals surface area contributed by atoms with Crippen LogP contribution in [0.15, 0.2) is 35.4 Å². The smallest absolute Gasteiger partial charge is 0.329 e. The fourth-order valence-corrected chi connectivity index (χ4v) is 2.46. The second-order valence-electron chi connectivity index (χ2n) is 5.86. The van der Waals surface area contributed by atoms with Gasteiger partial charge < -0.3 is 19.5 Å². The summed E-state index contributed by atoms with van der Waals surface area (Å²) in [6.45, 7) is 3.79. The highest BCUT2D eigenvalue weighted by Crippen LogP contribution is 2.37. The first-order valence-corrected chi connectivity index (χ1v) is 8.41. The lowest BCUT2D eigenvalue weighted by Gasteiger charge is -2.12. The van der Waals surface area contributed by atoms with Crippen LogP contribution in [0.1, 0.15) is 16.7 Å². The second-order valence-corrected chi connectivity index (χ2v) is 5.86. The zero-order chi connectivity index (χ0) is 20.7. The zero-order valence-electron chi connectivity index (χ0n) is 16.5. The van der Waals surface area contributed by atoms with E-state index in [1.807, 2.05) is 19.9 Å². The molecular formula is C20H23N3O5. The molecule has 2 amide bonds. The number of nitrogens with one attached hydrogen (secondary N) is 2. The van der Waals surface area contributed by atoms with Crippen molar-refractivity contribution in [2.45, 2.75) is 13.8 Å². The van der Waals surface area contributed by atoms with E-state index >= 15 is 0 Å². The number of methoxy groups -OCH3 is 3. The SMILES string of the molecule is COc1cc(C=NNC(=O)C(=O)Nc2cccc(C)c2C)cc(OC)c1OC. The molecule has 8 heteroatoms. The van der Waals surface area contributed by atoms with Gasteiger partial charge in [-0.3, -0.25) is 9.59 Å². The number of carbonyl (C=O) groups excluding carboxylic acids is 2. The lowest BCUT2D eigenvalue weighted by Crippen LogP contribution is -2.32. The molecule has 2 N–H and O–H groups in total. The van der Waals surface area contributed by atoms with E-state index in [4.69, 9.17) is 14.2 Å². The molecule has 0 aliphatic heterocycles. The lowest BCUT2D eigenvalue weighted by atomic mass is 10.1. The van der Waals surface area contributed by atoms with Gasteiger partial charge in [-0.05, 0) is 43.2 Å². The van der Waals surface area contributed by atoms with Gasteiger partial charge in [0.15, 0.2) is 11.5 Å². The van der Waals surface area contributed by atoms with Crippen molar-refractivity contribution in [2.75, 3.05) is 26.6 Å². The predicted molar refractivity (Wildman–Crippen MR) is 106 cm³/mol. The summed E-state index contributed by atoms with van der Waals surface area (Å²) >= 11 is 0. The Morgan fingerprint density at radius 1 is 0.964 bits per heavy atom. The number of ether oxygens (including phenoxy) is 3. The van der Waals surface area contributed by atoms with Crippen LogP contribution < -0.4 is 25.0 Å². The number of rotatable bonds is 6. The standard InChI is InChI=1S/C20H23N3O5/c1-12-7-6-8-15(13(12)2)22-19(24)20(25)23-21-11-14-9-16(26-3)18(28-5)17(10-14)27-4/h6-11H,1-5H3,(H,22,24)(H,23,25). The topological polar surface area (TPSA) is 98.2 Å². The Morgan fingerprint density at radius 3 is 2.18 bits per heavy atom. The molecule has 0 unspecified atom stereocenters. The van der Waals surface area contributed by atoms with Crippen LogP contribution in [0.3, 0.4) is 0 Å². The molecule has 0 spiro atoms. The van der Waals surface area contributed by atoms with E-state index in [0.717, 1.165) is 11.1 Å². The number of hydrogen-bond acceptors (Lipinski definition) is 6. The van der Waals surface area contributed by atoms with E-state index in [1.165, 1.54) is 27.5 Å². The largest absolute Gasteiger partial charge is 0.493 e. The Hall–Kier alpha value is -3.55. The summed E-state index contributed by atoms with van der Waals surface area (Å²) in [7, 11) is 4.50. The number of carbonyl (C=O) groups is 2. The van der Waals surface area contributed by atoms with Crippen molar-refractivity contribution in [3.05, 3.63) is 47.0 Å². The molecule has 0 aromatic heterocycles. The van der Waals surface area contributed by atoms with Crippen molar-refractivity contribution in [3.63, 3.8) is 0 Å². The third-order valence-electron chi connectivity index (χ3n) is 4.13. The van der Waals surface area contributed by atoms with Gasteiger partial charge in [0.05, 0.1) is 27.5 Å². The molecule has 0 saturated heterocycles. The van der Waals surface area contributed by atoms with Gasteiger partial charge >= 0.3 is 11.8 Å². The summed E-state index contributed by atoms with van der Waals surface area (Å²) in [6, 6.07) is 8.78. The van der Waals surface area contributed by atoms with Gasteiger partial charge in [0.1, 0.15) is 0 Å². The maximum atomic E-state index is 12.0. The van der Waals surface area contributed by atoms with E-state index in [9.17, 15) is 9.59 Å². The van der Waals surface area contributed by atoms with Crippen LogP contribution in [-0.2, 0) is 9.59 Å². The van der Waals surface area contributed by atoms with Crippen molar-refractivity contribution in [1.82, 2.24) is 5.43 Å². The van der Waals surface area contributed by atoms with Crippen LogP contribution in [0.4, 0.5) is 5.69 Å². The Morgan fingerprint density at radius 2 is 1.61 bits per heavy atom. The Balaban J connectivity index is 2.06. The third-order valence-corrected chi connectivity index (χ3v) is 4.13. The van der Waals surface area contributed by atoms with Crippen LogP contribution in [0.5, 0.6) is 17.2 Å². The van der Waals surface area contributed by atoms with Gasteiger partial charge in [0, 0.05) is 11.3 Å². The molecule has 0 aliphatic rings. The number of hydrazone groups is 1. The summed E-state index contributed by atoms with van der Waals surface area (Å²) < 4.78 is 15.8. The maximum absolute atomic E-state index is 12.0. The first-order valence-electron chi connectivity index (χ1n) is 8.41. The van der Waals surface area contributed by atoms with Gasteiger partial charge in [-0.25, -0.2) is 5.43 Å². The van der Waals surface area contributed by atoms with Crippen LogP contribution in [-0.4, -0.2) is 39.4 Å². The molecule has 0 saturated carbocycles. The quantitative estimate of drug-likeness (QED) is 0.452. The first kappa shape index (κ1) is 20.8. The molecule has 8 nitrogen and oxygen atoms in total. The zero-order valence-corrected chi connectivity index (χ0v) is 16.5. The molecule has 0 radical (unpaired) electrons. The minimum Gasteiger partial charge on any atom is -0.493 e. The van der Waals surface area contributed by atoms with E-state index in [0.29, 0.717) is 28.5 Å². The number of nitrogens with zero attached hydrogens (tertiary/aromatic N) is 1. The fourth-order valence-electron chi connectivity index (χ4n) is 2.46. The Bertz CT molecular complexity index is 884. The number of benzene rings is 2. The summed E-state index contributed by atoms with van der Waals surface area (Å²) in [4.78, 5) is 24.0. The highest BCUT2D eigenvalue weighted by Gasteiger charge is 2.15. The molecule has 2 aromatic carbocycles. The lowest BCUT2D eigenvalue weighted by molar-refractivity contribution is -0.136. The van der Waals surface area contributed by atoms with Gasteiger partial charge in [-0.15, -0.1) is 0 Å². The van der Waals surface area contributed by atoms with Crippen molar-refractivity contribution < 1.29 is 23.8 Å². The van der Waals surface area contributed by atoms with E-state index in [2.05, 4.69) is 15.8 Å². The number of anilines is 1. The molecule has 2 aromatic rings. The van der Waals surface area contributed by atoms with Gasteiger partial charge in [-0.1, -0.05) is 12.1 Å². The number of amides is 2. The van der Waals surface area contributed by atoms with Crippen molar-refractivity contribution in [3.8, 4) is 17.2 Å². The minimum absolute atomic E-state index is 0.444. The summed E-state index contributed by atoms with van der Waals surface area (Å²) in [5, 5.41) is 6.38. The molecule has 0 bridgehead atoms. The van der Waals surface area contributed by atoms with Crippen LogP contribution in [0.25, 0.3) is 0 Å². The van der Waals surface area contributed by atoms with Gasteiger partial charge in [0.2, 0.25) is 5.75 Å². The molecule has 0 atom stereocenters. The van der Waals surface area contributed by atoms with Crippen LogP contribution >= 0.6 is 0 Å². The fraction of sp³-hybridized carbons (Fsp3) is 0.250. The van der Waals surface area contributed by atoms with Crippen molar-refractivity contribution >= 4 is 23.7 Å². The monoisotopic (exact) mass is 385 g/mol. The Labute approximate surface area is 163 Å².